The average molecular weight is 787 g/mol. The van der Waals surface area contributed by atoms with Gasteiger partial charge in [-0.05, 0) is 93.5 Å². The lowest BCUT2D eigenvalue weighted by atomic mass is 10.1. The average Bonchev–Trinajstić information content (AvgIpc) is 3.81. The van der Waals surface area contributed by atoms with E-state index in [1.807, 2.05) is 17.5 Å². The van der Waals surface area contributed by atoms with E-state index in [0.717, 1.165) is 21.8 Å². The molecule has 0 N–H and O–H groups in total. The van der Waals surface area contributed by atoms with Gasteiger partial charge in [-0.25, -0.2) is 3.63 Å². The van der Waals surface area contributed by atoms with Gasteiger partial charge in [0.25, 0.3) is 0 Å². The molecule has 50 heavy (non-hydrogen) atoms. The Bertz CT molecular complexity index is 1980. The lowest BCUT2D eigenvalue weighted by Gasteiger charge is -2.40. The van der Waals surface area contributed by atoms with Gasteiger partial charge >= 0.3 is 33.4 Å². The van der Waals surface area contributed by atoms with Gasteiger partial charge in [-0.15, -0.1) is 22.7 Å². The summed E-state index contributed by atoms with van der Waals surface area (Å²) in [7, 11) is -9.02. The highest BCUT2D eigenvalue weighted by molar-refractivity contribution is 8.34. The van der Waals surface area contributed by atoms with E-state index in [1.165, 1.54) is 86.2 Å². The first-order chi connectivity index (χ1) is 23.3. The number of benzene rings is 3. The quantitative estimate of drug-likeness (QED) is 0.118. The lowest BCUT2D eigenvalue weighted by Crippen LogP contribution is -2.63. The number of alkyl halides is 9. The maximum atomic E-state index is 15.3. The summed E-state index contributed by atoms with van der Waals surface area (Å²) < 4.78 is 168. The van der Waals surface area contributed by atoms with E-state index in [-0.39, 0.29) is 25.5 Å². The zero-order chi connectivity index (χ0) is 36.8. The van der Waals surface area contributed by atoms with Crippen molar-refractivity contribution in [1.82, 2.24) is 0 Å². The van der Waals surface area contributed by atoms with E-state index in [0.29, 0.717) is 10.4 Å². The molecule has 3 aromatic carbocycles. The first-order valence-electron chi connectivity index (χ1n) is 13.8. The fourth-order valence-corrected chi connectivity index (χ4v) is 12.4. The number of ether oxygens (including phenoxy) is 2. The molecule has 0 aliphatic carbocycles. The normalized spacial score (nSPS) is 13.7. The Morgan fingerprint density at radius 2 is 1.06 bits per heavy atom. The zero-order valence-electron chi connectivity index (χ0n) is 25.4. The molecule has 0 saturated heterocycles. The van der Waals surface area contributed by atoms with Gasteiger partial charge < -0.3 is 9.47 Å². The Kier molecular flexibility index (Phi) is 10.1. The smallest absolute Gasteiger partial charge is 0.460 e. The van der Waals surface area contributed by atoms with Crippen molar-refractivity contribution in [3.8, 4) is 32.4 Å². The Balaban J connectivity index is 1.74. The van der Waals surface area contributed by atoms with Gasteiger partial charge in [0, 0.05) is 19.5 Å². The summed E-state index contributed by atoms with van der Waals surface area (Å²) in [5, 5.41) is -5.22. The van der Waals surface area contributed by atoms with Crippen molar-refractivity contribution in [3.05, 3.63) is 102 Å². The van der Waals surface area contributed by atoms with Crippen LogP contribution in [0.5, 0.6) is 11.5 Å². The van der Waals surface area contributed by atoms with Crippen molar-refractivity contribution in [2.45, 2.75) is 37.3 Å². The van der Waals surface area contributed by atoms with Crippen molar-refractivity contribution in [3.63, 3.8) is 0 Å². The third-order valence-electron chi connectivity index (χ3n) is 7.24. The van der Waals surface area contributed by atoms with Crippen LogP contribution in [-0.4, -0.2) is 45.9 Å². The second kappa shape index (κ2) is 13.4. The van der Waals surface area contributed by atoms with Gasteiger partial charge in [0.05, 0.1) is 18.4 Å². The van der Waals surface area contributed by atoms with Crippen LogP contribution in [0.3, 0.4) is 0 Å². The van der Waals surface area contributed by atoms with E-state index in [2.05, 4.69) is 0 Å². The number of halogens is 9. The summed E-state index contributed by atoms with van der Waals surface area (Å²) in [4.78, 5) is 0.891. The molecule has 2 heterocycles. The van der Waals surface area contributed by atoms with Gasteiger partial charge in [-0.2, -0.15) is 47.9 Å². The molecule has 0 aliphatic heterocycles. The first-order valence-corrected chi connectivity index (χ1v) is 18.5. The molecule has 5 nitrogen and oxygen atoms in total. The zero-order valence-corrected chi connectivity index (χ0v) is 28.7. The molecule has 268 valence electrons. The number of rotatable bonds is 12. The van der Waals surface area contributed by atoms with E-state index in [9.17, 15) is 39.2 Å². The molecular weight excluding hydrogens is 764 g/mol. The second-order valence-corrected chi connectivity index (χ2v) is 17.0. The topological polar surface area (TPSA) is 61.8 Å². The molecule has 0 saturated carbocycles. The minimum absolute atomic E-state index is 0.171. The Hall–Kier alpha value is -3.71. The summed E-state index contributed by atoms with van der Waals surface area (Å²) in [6, 6.07) is 23.2. The SMILES string of the molecule is COc1ccc(S(OS(=O)(=O)C(F)(F)C(F)(F)C(F)(F)C(F)(F)F)(c2ccc(OC)cc2)c2ccc(-c3ccc(-c4cccs4)cc3)s2)cc1. The van der Waals surface area contributed by atoms with Crippen LogP contribution in [0.1, 0.15) is 0 Å². The molecule has 5 aromatic rings. The molecule has 0 atom stereocenters. The van der Waals surface area contributed by atoms with Gasteiger partial charge in [0.1, 0.15) is 11.5 Å². The van der Waals surface area contributed by atoms with Crippen molar-refractivity contribution in [1.29, 1.82) is 0 Å². The predicted octanol–water partition coefficient (Wildman–Crippen LogP) is 11.1. The third kappa shape index (κ3) is 6.35. The molecule has 0 spiro atoms. The van der Waals surface area contributed by atoms with E-state index < -0.39 is 43.7 Å². The molecule has 18 heteroatoms. The van der Waals surface area contributed by atoms with Crippen LogP contribution in [0.15, 0.2) is 116 Å². The predicted molar refractivity (Wildman–Crippen MR) is 172 cm³/mol. The molecule has 5 rings (SSSR count). The Labute approximate surface area is 289 Å². The number of hydrogen-bond acceptors (Lipinski definition) is 7. The van der Waals surface area contributed by atoms with Crippen molar-refractivity contribution < 1.29 is 61.0 Å². The first kappa shape index (κ1) is 37.5. The van der Waals surface area contributed by atoms with Crippen LogP contribution >= 0.6 is 33.0 Å². The van der Waals surface area contributed by atoms with Crippen LogP contribution in [0.4, 0.5) is 39.5 Å². The monoisotopic (exact) mass is 786 g/mol. The van der Waals surface area contributed by atoms with Crippen LogP contribution in [0.25, 0.3) is 20.9 Å². The number of methoxy groups -OCH3 is 2. The Morgan fingerprint density at radius 1 is 0.580 bits per heavy atom. The summed E-state index contributed by atoms with van der Waals surface area (Å²) in [5.74, 6) is -14.6. The maximum absolute atomic E-state index is 15.3. The summed E-state index contributed by atoms with van der Waals surface area (Å²) in [6.07, 6.45) is -7.26. The molecule has 0 unspecified atom stereocenters. The standard InChI is InChI=1S/C32H23F9O5S4/c1-44-22-9-13-24(14-10-22)49(25-15-11-23(45-2)12-16-25,46-50(42,43)32(40,41)30(35,36)29(33,34)31(37,38)39)28-18-17-27(48-28)21-7-5-20(6-8-21)26-4-3-19-47-26/h3-19H,1-2H3. The summed E-state index contributed by atoms with van der Waals surface area (Å²) in [6.45, 7) is 0. The molecule has 0 fully saturated rings. The van der Waals surface area contributed by atoms with Gasteiger partial charge in [0.2, 0.25) is 0 Å². The van der Waals surface area contributed by atoms with E-state index in [1.54, 1.807) is 24.3 Å². The second-order valence-electron chi connectivity index (χ2n) is 10.3. The minimum atomic E-state index is -7.51. The van der Waals surface area contributed by atoms with Gasteiger partial charge in [-0.1, -0.05) is 30.3 Å². The molecular formula is C32H23F9O5S4. The van der Waals surface area contributed by atoms with Crippen molar-refractivity contribution in [2.24, 2.45) is 0 Å². The van der Waals surface area contributed by atoms with Crippen LogP contribution in [0, 0.1) is 0 Å². The summed E-state index contributed by atoms with van der Waals surface area (Å²) >= 11 is 2.29. The van der Waals surface area contributed by atoms with Crippen molar-refractivity contribution >= 4 is 43.1 Å². The van der Waals surface area contributed by atoms with E-state index >= 15 is 8.78 Å². The maximum Gasteiger partial charge on any atom is 0.460 e. The highest BCUT2D eigenvalue weighted by Crippen LogP contribution is 2.73. The van der Waals surface area contributed by atoms with Crippen LogP contribution in [-0.2, 0) is 13.7 Å². The molecule has 0 aliphatic rings. The minimum Gasteiger partial charge on any atom is -0.497 e. The fraction of sp³-hybridized carbons (Fsp3) is 0.188. The van der Waals surface area contributed by atoms with Gasteiger partial charge in [0.15, 0.2) is 0 Å². The highest BCUT2D eigenvalue weighted by Gasteiger charge is 2.86. The summed E-state index contributed by atoms with van der Waals surface area (Å²) in [5.41, 5.74) is 1.43. The number of thiophene rings is 2. The number of hydrogen-bond donors (Lipinski definition) is 0. The molecule has 0 amide bonds. The molecule has 0 radical (unpaired) electrons. The van der Waals surface area contributed by atoms with Crippen LogP contribution in [0.2, 0.25) is 0 Å². The van der Waals surface area contributed by atoms with E-state index in [4.69, 9.17) is 13.1 Å². The van der Waals surface area contributed by atoms with Crippen LogP contribution < -0.4 is 9.47 Å². The highest BCUT2D eigenvalue weighted by atomic mass is 32.3. The third-order valence-corrected chi connectivity index (χ3v) is 15.0. The Morgan fingerprint density at radius 3 is 1.48 bits per heavy atom. The van der Waals surface area contributed by atoms with Gasteiger partial charge in [-0.3, -0.25) is 0 Å². The lowest BCUT2D eigenvalue weighted by molar-refractivity contribution is -0.382. The fourth-order valence-electron chi connectivity index (χ4n) is 4.58. The van der Waals surface area contributed by atoms with Crippen molar-refractivity contribution in [2.75, 3.05) is 14.2 Å². The molecule has 2 aromatic heterocycles. The molecule has 0 bridgehead atoms. The largest absolute Gasteiger partial charge is 0.497 e.